The molecule has 0 amide bonds. The molecular weight excluding hydrogens is 827 g/mol. The maximum atomic E-state index is 5.36. The highest BCUT2D eigenvalue weighted by Crippen LogP contribution is 2.43. The van der Waals surface area contributed by atoms with Crippen LogP contribution in [0.5, 0.6) is 0 Å². The molecule has 0 saturated heterocycles. The summed E-state index contributed by atoms with van der Waals surface area (Å²) in [7, 11) is 0. The molecule has 3 aromatic heterocycles. The second-order valence-corrected chi connectivity index (χ2v) is 17.6. The fraction of sp³-hybridized carbons (Fsp3) is 0. The van der Waals surface area contributed by atoms with Gasteiger partial charge in [-0.3, -0.25) is 0 Å². The van der Waals surface area contributed by atoms with E-state index in [-0.39, 0.29) is 0 Å². The van der Waals surface area contributed by atoms with Crippen LogP contribution < -0.4 is 0 Å². The summed E-state index contributed by atoms with van der Waals surface area (Å²) in [5.41, 5.74) is 11.9. The van der Waals surface area contributed by atoms with Gasteiger partial charge in [-0.05, 0) is 81.0 Å². The van der Waals surface area contributed by atoms with Crippen LogP contribution in [0.1, 0.15) is 0 Å². The molecule has 0 aliphatic rings. The van der Waals surface area contributed by atoms with Crippen LogP contribution in [0.4, 0.5) is 0 Å². The van der Waals surface area contributed by atoms with Gasteiger partial charge in [-0.25, -0.2) is 15.0 Å². The van der Waals surface area contributed by atoms with Crippen LogP contribution in [-0.2, 0) is 0 Å². The summed E-state index contributed by atoms with van der Waals surface area (Å²) in [4.78, 5) is 15.8. The van der Waals surface area contributed by atoms with E-state index in [2.05, 4.69) is 228 Å². The third-order valence-electron chi connectivity index (χ3n) is 13.7. The van der Waals surface area contributed by atoms with E-state index in [1.807, 2.05) is 18.2 Å². The number of benzene rings is 11. The Balaban J connectivity index is 1.02. The Morgan fingerprint density at radius 3 is 1.68 bits per heavy atom. The highest BCUT2D eigenvalue weighted by molar-refractivity contribution is 6.22. The number of para-hydroxylation sites is 3. The Kier molecular flexibility index (Phi) is 8.52. The fourth-order valence-corrected chi connectivity index (χ4v) is 10.7. The van der Waals surface area contributed by atoms with Crippen molar-refractivity contribution in [2.24, 2.45) is 0 Å². The van der Waals surface area contributed by atoms with Crippen LogP contribution in [0.2, 0.25) is 0 Å². The van der Waals surface area contributed by atoms with E-state index in [1.54, 1.807) is 0 Å². The molecule has 316 valence electrons. The zero-order chi connectivity index (χ0) is 44.7. The number of nitrogens with zero attached hydrogens (tertiary/aromatic N) is 5. The van der Waals surface area contributed by atoms with Crippen LogP contribution in [0.3, 0.4) is 0 Å². The average Bonchev–Trinajstić information content (AvgIpc) is 3.94. The minimum Gasteiger partial charge on any atom is -0.309 e. The van der Waals surface area contributed by atoms with E-state index in [0.717, 1.165) is 61.0 Å². The molecule has 0 bridgehead atoms. The Bertz CT molecular complexity index is 4320. The molecular formula is C63H39N5. The van der Waals surface area contributed by atoms with Crippen molar-refractivity contribution in [2.75, 3.05) is 0 Å². The van der Waals surface area contributed by atoms with Gasteiger partial charge in [0.05, 0.1) is 22.1 Å². The lowest BCUT2D eigenvalue weighted by molar-refractivity contribution is 1.07. The monoisotopic (exact) mass is 865 g/mol. The van der Waals surface area contributed by atoms with Crippen LogP contribution in [0.15, 0.2) is 237 Å². The molecule has 0 aliphatic carbocycles. The van der Waals surface area contributed by atoms with Crippen molar-refractivity contribution in [1.82, 2.24) is 24.1 Å². The molecule has 0 radical (unpaired) electrons. The first-order valence-electron chi connectivity index (χ1n) is 23.1. The van der Waals surface area contributed by atoms with Crippen molar-refractivity contribution >= 4 is 75.9 Å². The van der Waals surface area contributed by atoms with Gasteiger partial charge in [-0.15, -0.1) is 0 Å². The molecule has 68 heavy (non-hydrogen) atoms. The zero-order valence-corrected chi connectivity index (χ0v) is 36.8. The van der Waals surface area contributed by atoms with Crippen LogP contribution in [0, 0.1) is 0 Å². The van der Waals surface area contributed by atoms with Crippen molar-refractivity contribution in [1.29, 1.82) is 0 Å². The molecule has 3 heterocycles. The summed E-state index contributed by atoms with van der Waals surface area (Å²) in [5, 5.41) is 11.8. The van der Waals surface area contributed by atoms with E-state index in [4.69, 9.17) is 15.0 Å². The van der Waals surface area contributed by atoms with E-state index in [1.165, 1.54) is 54.1 Å². The summed E-state index contributed by atoms with van der Waals surface area (Å²) in [5.74, 6) is 1.87. The van der Waals surface area contributed by atoms with Gasteiger partial charge >= 0.3 is 0 Å². The number of hydrogen-bond acceptors (Lipinski definition) is 3. The highest BCUT2D eigenvalue weighted by atomic mass is 15.0. The predicted molar refractivity (Wildman–Crippen MR) is 283 cm³/mol. The van der Waals surface area contributed by atoms with E-state index < -0.39 is 0 Å². The minimum atomic E-state index is 0.610. The van der Waals surface area contributed by atoms with Crippen molar-refractivity contribution in [3.8, 4) is 56.7 Å². The standard InChI is InChI=1S/C63H39N5/c1-3-18-41(19-4-1)61-64-62(66-63(65-61)56-39-42-20-8-9-25-47(42)50-27-11-12-28-51(50)56)44-21-15-24-46(37-44)68-59-48-26-10-7-17-40(48)33-35-54(59)53-31-16-30-49(60(53)68)43-34-36-58-55(38-43)52-29-13-14-32-57(52)67(58)45-22-5-2-6-23-45/h1-39H. The first-order chi connectivity index (χ1) is 33.7. The van der Waals surface area contributed by atoms with Crippen molar-refractivity contribution in [3.63, 3.8) is 0 Å². The molecule has 0 unspecified atom stereocenters. The molecule has 0 spiro atoms. The lowest BCUT2D eigenvalue weighted by Gasteiger charge is -2.15. The molecule has 0 atom stereocenters. The molecule has 11 aromatic carbocycles. The van der Waals surface area contributed by atoms with Gasteiger partial charge in [-0.1, -0.05) is 188 Å². The summed E-state index contributed by atoms with van der Waals surface area (Å²) in [6.45, 7) is 0. The quantitative estimate of drug-likeness (QED) is 0.156. The van der Waals surface area contributed by atoms with Gasteiger partial charge in [0.15, 0.2) is 17.5 Å². The largest absolute Gasteiger partial charge is 0.309 e. The molecule has 14 rings (SSSR count). The molecule has 0 N–H and O–H groups in total. The smallest absolute Gasteiger partial charge is 0.164 e. The van der Waals surface area contributed by atoms with Crippen molar-refractivity contribution in [3.05, 3.63) is 237 Å². The van der Waals surface area contributed by atoms with Crippen molar-refractivity contribution < 1.29 is 0 Å². The van der Waals surface area contributed by atoms with Crippen molar-refractivity contribution in [2.45, 2.75) is 0 Å². The fourth-order valence-electron chi connectivity index (χ4n) is 10.7. The highest BCUT2D eigenvalue weighted by Gasteiger charge is 2.22. The van der Waals surface area contributed by atoms with E-state index >= 15 is 0 Å². The number of aromatic nitrogens is 5. The van der Waals surface area contributed by atoms with E-state index in [9.17, 15) is 0 Å². The first kappa shape index (κ1) is 38.1. The molecule has 0 fully saturated rings. The van der Waals surface area contributed by atoms with Crippen LogP contribution in [-0.4, -0.2) is 24.1 Å². The Morgan fingerprint density at radius 1 is 0.250 bits per heavy atom. The Hall–Kier alpha value is -9.19. The predicted octanol–water partition coefficient (Wildman–Crippen LogP) is 16.2. The molecule has 5 heteroatoms. The zero-order valence-electron chi connectivity index (χ0n) is 36.8. The Labute approximate surface area is 391 Å². The molecule has 5 nitrogen and oxygen atoms in total. The van der Waals surface area contributed by atoms with Crippen LogP contribution >= 0.6 is 0 Å². The SMILES string of the molecule is c1ccc(-c2nc(-c3cccc(-n4c5c(-c6ccc7c(c6)c6ccccc6n7-c6ccccc6)cccc5c5ccc6ccccc6c54)c3)nc(-c3cc4ccccc4c4ccccc34)n2)cc1. The van der Waals surface area contributed by atoms with Gasteiger partial charge in [0, 0.05) is 60.6 Å². The molecule has 0 saturated carbocycles. The third-order valence-corrected chi connectivity index (χ3v) is 13.7. The normalized spacial score (nSPS) is 11.8. The van der Waals surface area contributed by atoms with Gasteiger partial charge in [0.2, 0.25) is 0 Å². The Morgan fingerprint density at radius 2 is 0.838 bits per heavy atom. The van der Waals surface area contributed by atoms with Gasteiger partial charge in [0.25, 0.3) is 0 Å². The maximum Gasteiger partial charge on any atom is 0.164 e. The summed E-state index contributed by atoms with van der Waals surface area (Å²) < 4.78 is 4.85. The second kappa shape index (κ2) is 15.2. The maximum absolute atomic E-state index is 5.36. The second-order valence-electron chi connectivity index (χ2n) is 17.6. The number of fused-ring (bicyclic) bond motifs is 11. The number of hydrogen-bond donors (Lipinski definition) is 0. The van der Waals surface area contributed by atoms with E-state index in [0.29, 0.717) is 17.5 Å². The first-order valence-corrected chi connectivity index (χ1v) is 23.1. The van der Waals surface area contributed by atoms with Gasteiger partial charge in [0.1, 0.15) is 0 Å². The lowest BCUT2D eigenvalue weighted by Crippen LogP contribution is -2.02. The van der Waals surface area contributed by atoms with Crippen LogP contribution in [0.25, 0.3) is 133 Å². The number of rotatable bonds is 6. The summed E-state index contributed by atoms with van der Waals surface area (Å²) >= 11 is 0. The summed E-state index contributed by atoms with van der Waals surface area (Å²) in [6, 6.07) is 84.7. The third kappa shape index (κ3) is 5.93. The summed E-state index contributed by atoms with van der Waals surface area (Å²) in [6.07, 6.45) is 0. The minimum absolute atomic E-state index is 0.610. The topological polar surface area (TPSA) is 48.5 Å². The molecule has 0 aliphatic heterocycles. The average molecular weight is 866 g/mol. The lowest BCUT2D eigenvalue weighted by atomic mass is 9.97. The van der Waals surface area contributed by atoms with Gasteiger partial charge < -0.3 is 9.13 Å². The molecule has 14 aromatic rings. The van der Waals surface area contributed by atoms with Gasteiger partial charge in [-0.2, -0.15) is 0 Å².